The molecule has 7 aliphatic rings. The Bertz CT molecular complexity index is 4570. The van der Waals surface area contributed by atoms with Gasteiger partial charge in [0.2, 0.25) is 41.6 Å². The normalized spacial score (nSPS) is 27.7. The molecule has 35 nitrogen and oxygen atoms in total. The van der Waals surface area contributed by atoms with E-state index in [2.05, 4.69) is 31.9 Å². The van der Waals surface area contributed by atoms with Gasteiger partial charge in [-0.15, -0.1) is 0 Å². The Labute approximate surface area is 661 Å². The number of aliphatic hydroxyl groups excluding tert-OH is 6. The minimum Gasteiger partial charge on any atom is -0.508 e. The van der Waals surface area contributed by atoms with Gasteiger partial charge in [0.25, 0.3) is 0 Å². The van der Waals surface area contributed by atoms with Crippen molar-refractivity contribution in [2.75, 3.05) is 6.61 Å². The summed E-state index contributed by atoms with van der Waals surface area (Å²) in [5, 5.41) is 130. The quantitative estimate of drug-likeness (QED) is 0.0699. The van der Waals surface area contributed by atoms with Crippen molar-refractivity contribution in [1.29, 1.82) is 0 Å². The number of hydrogen-bond acceptors (Lipinski definition) is 27. The van der Waals surface area contributed by atoms with Gasteiger partial charge in [-0.25, -0.2) is 14.4 Å². The van der Waals surface area contributed by atoms with Crippen molar-refractivity contribution in [2.45, 2.75) is 216 Å². The molecule has 37 heteroatoms. The number of ketones is 2. The van der Waals surface area contributed by atoms with E-state index in [1.54, 1.807) is 55.4 Å². The van der Waals surface area contributed by atoms with Crippen molar-refractivity contribution in [3.63, 3.8) is 0 Å². The number of hydrogen-bond donors (Lipinski definition) is 17. The van der Waals surface area contributed by atoms with Gasteiger partial charge in [-0.2, -0.15) is 0 Å². The molecule has 0 saturated carbocycles. The van der Waals surface area contributed by atoms with E-state index in [9.17, 15) is 79.8 Å². The molecule has 5 aromatic carbocycles. The summed E-state index contributed by atoms with van der Waals surface area (Å²) in [4.78, 5) is 146. The van der Waals surface area contributed by atoms with Gasteiger partial charge in [0.1, 0.15) is 101 Å². The summed E-state index contributed by atoms with van der Waals surface area (Å²) in [5.74, 6) is -20.1. The number of carbonyl (C=O) groups is 10. The number of fused-ring (bicyclic) bond motifs is 15. The summed E-state index contributed by atoms with van der Waals surface area (Å²) >= 11 is 14.3. The van der Waals surface area contributed by atoms with Gasteiger partial charge < -0.3 is 127 Å². The van der Waals surface area contributed by atoms with Crippen LogP contribution >= 0.6 is 23.2 Å². The third-order valence-corrected chi connectivity index (χ3v) is 20.0. The van der Waals surface area contributed by atoms with Crippen molar-refractivity contribution in [3.05, 3.63) is 117 Å². The molecule has 114 heavy (non-hydrogen) atoms. The standard InChI is InChI=1S/C77H91Cl2N7O28/c1-30(2)17-43(81-73(105)113-75(4,5)6)69(101)84-58-46(91)21-36(24-53(80)93)67(99)82-56-35-22-50(108-48-15-12-33(60(58)94)19-41(48)78)64(112-72-65(63(97)62(96)52(29-87)110-72)111-54-28-77(10,66(98)31(3)107-54)86-74(106)114-76(7,8)9)51(23-35)109-49-16-13-34(20-42(49)79)61(95)59-70(102)83-57(71(103)104)40-25-37(88)26-45(90)55(40)39-18-32(11-14-44(39)89)38(27-47(56)92)68(100)85-59/h11-16,18-20,22-23,25-26,30-31,36,38,43,52,54,56-63,65-66,72,87-90,94-98H,17,21,24,27-29H2,1-10H3,(H2,80,93)(H,81,105)(H,82,99)(H,83,102)(H,84,101)(H,85,100)(H,86,106)(H,103,104)/t31?,36-,38+,43+,52?,54?,56+,57-,58-,59+,60+,61+,62?,63?,65?,66?,72?,77?/m0/s1. The summed E-state index contributed by atoms with van der Waals surface area (Å²) in [6.07, 6.45) is -24.4. The highest BCUT2D eigenvalue weighted by Crippen LogP contribution is 2.51. The monoisotopic (exact) mass is 1630 g/mol. The summed E-state index contributed by atoms with van der Waals surface area (Å²) in [6, 6.07) is 3.21. The highest BCUT2D eigenvalue weighted by molar-refractivity contribution is 6.32. The van der Waals surface area contributed by atoms with E-state index in [-0.39, 0.29) is 29.0 Å². The number of alkyl carbamates (subject to hydrolysis) is 2. The van der Waals surface area contributed by atoms with Crippen LogP contribution in [0.25, 0.3) is 11.1 Å². The molecule has 0 aromatic heterocycles. The second-order valence-electron chi connectivity index (χ2n) is 31.2. The fourth-order valence-corrected chi connectivity index (χ4v) is 14.4. The first-order chi connectivity index (χ1) is 53.3. The van der Waals surface area contributed by atoms with E-state index in [0.29, 0.717) is 0 Å². The van der Waals surface area contributed by atoms with Crippen LogP contribution in [0.2, 0.25) is 10.0 Å². The van der Waals surface area contributed by atoms with Gasteiger partial charge in [-0.1, -0.05) is 55.2 Å². The summed E-state index contributed by atoms with van der Waals surface area (Å²) in [5.41, 5.74) is -0.660. The maximum Gasteiger partial charge on any atom is 0.408 e. The number of amides is 7. The smallest absolute Gasteiger partial charge is 0.408 e. The number of carboxylic acid groups (broad SMARTS) is 1. The van der Waals surface area contributed by atoms with Crippen LogP contribution in [0.1, 0.15) is 159 Å². The molecule has 5 aromatic rings. The lowest BCUT2D eigenvalue weighted by Crippen LogP contribution is -2.66. The van der Waals surface area contributed by atoms with E-state index < -0.39 is 290 Å². The lowest BCUT2D eigenvalue weighted by atomic mass is 9.84. The Morgan fingerprint density at radius 3 is 1.88 bits per heavy atom. The van der Waals surface area contributed by atoms with Crippen LogP contribution in [0.15, 0.2) is 78.9 Å². The zero-order valence-corrected chi connectivity index (χ0v) is 64.8. The second-order valence-corrected chi connectivity index (χ2v) is 32.0. The van der Waals surface area contributed by atoms with Crippen molar-refractivity contribution in [3.8, 4) is 57.1 Å². The van der Waals surface area contributed by atoms with Gasteiger partial charge in [0.05, 0.1) is 40.1 Å². The number of carbonyl (C=O) groups excluding carboxylic acids is 9. The van der Waals surface area contributed by atoms with Crippen molar-refractivity contribution in [1.82, 2.24) is 31.9 Å². The molecule has 0 aliphatic carbocycles. The fraction of sp³-hybridized carbons (Fsp3) is 0.481. The molecule has 9 unspecified atom stereocenters. The van der Waals surface area contributed by atoms with E-state index >= 15 is 19.2 Å². The molecule has 12 rings (SSSR count). The van der Waals surface area contributed by atoms with Gasteiger partial charge in [-0.05, 0) is 145 Å². The Morgan fingerprint density at radius 2 is 1.30 bits per heavy atom. The van der Waals surface area contributed by atoms with E-state index in [4.69, 9.17) is 66.8 Å². The molecule has 18 N–H and O–H groups in total. The van der Waals surface area contributed by atoms with Crippen LogP contribution in [-0.2, 0) is 62.0 Å². The molecule has 2 saturated heterocycles. The van der Waals surface area contributed by atoms with Crippen LogP contribution in [0.3, 0.4) is 0 Å². The van der Waals surface area contributed by atoms with E-state index in [0.717, 1.165) is 72.8 Å². The molecule has 7 aliphatic heterocycles. The number of primary amides is 1. The van der Waals surface area contributed by atoms with Crippen LogP contribution in [-0.4, -0.2) is 201 Å². The van der Waals surface area contributed by atoms with Crippen LogP contribution in [0.4, 0.5) is 9.59 Å². The molecule has 11 bridgehead atoms. The van der Waals surface area contributed by atoms with Crippen molar-refractivity contribution < 1.29 is 137 Å². The first-order valence-corrected chi connectivity index (χ1v) is 37.0. The largest absolute Gasteiger partial charge is 0.508 e. The number of nitrogens with two attached hydrogens (primary N) is 1. The van der Waals surface area contributed by atoms with E-state index in [1.807, 2.05) is 0 Å². The number of nitrogens with one attached hydrogen (secondary N) is 6. The number of aromatic hydroxyl groups is 3. The summed E-state index contributed by atoms with van der Waals surface area (Å²) < 4.78 is 49.9. The lowest BCUT2D eigenvalue weighted by Gasteiger charge is -2.48. The maximum absolute atomic E-state index is 16.3. The third-order valence-electron chi connectivity index (χ3n) is 19.5. The number of rotatable bonds is 14. The van der Waals surface area contributed by atoms with Gasteiger partial charge >= 0.3 is 18.2 Å². The molecule has 18 atom stereocenters. The number of halogens is 2. The predicted molar refractivity (Wildman–Crippen MR) is 397 cm³/mol. The number of aliphatic hydroxyl groups is 6. The minimum atomic E-state index is -2.29. The SMILES string of the molecule is CC(C)C[C@@H](NC(=O)OC(C)(C)C)C(=O)N[C@H]1C(=O)C[C@@H](CC(N)=O)C(=O)N[C@H]2C(=O)C[C@H]3C(=O)N[C@@H](C(=O)N[C@H](C(=O)O)c4cc(O)cc(O)c4-c4cc3ccc4O)[C@H](O)c3ccc(c(Cl)c3)Oc3cc2cc(c3OC2OC(CO)C(O)C(O)C2OC2CC(C)(NC(=O)OC(C)(C)C)C(O)C(C)O2)Oc2ccc(cc2Cl)[C@H]1O. The lowest BCUT2D eigenvalue weighted by molar-refractivity contribution is -0.334. The highest BCUT2D eigenvalue weighted by Gasteiger charge is 2.53. The zero-order valence-electron chi connectivity index (χ0n) is 63.3. The number of aliphatic carboxylic acids is 1. The Balaban J connectivity index is 1.22. The summed E-state index contributed by atoms with van der Waals surface area (Å²) in [7, 11) is 0. The maximum atomic E-state index is 16.3. The highest BCUT2D eigenvalue weighted by atomic mass is 35.5. The second kappa shape index (κ2) is 34.5. The van der Waals surface area contributed by atoms with Crippen molar-refractivity contribution in [2.24, 2.45) is 17.6 Å². The Kier molecular flexibility index (Phi) is 26.1. The number of benzene rings is 5. The molecular weight excluding hydrogens is 1540 g/mol. The van der Waals surface area contributed by atoms with Crippen molar-refractivity contribution >= 4 is 82.5 Å². The molecular formula is C77H91Cl2N7O28. The molecule has 7 amide bonds. The minimum absolute atomic E-state index is 0.0800. The topological polar surface area (TPSA) is 545 Å². The molecule has 616 valence electrons. The zero-order chi connectivity index (χ0) is 83.8. The average Bonchev–Trinajstić information content (AvgIpc) is 0.763. The first kappa shape index (κ1) is 86.2. The first-order valence-electron chi connectivity index (χ1n) is 36.3. The molecule has 7 heterocycles. The van der Waals surface area contributed by atoms with E-state index in [1.165, 1.54) is 19.9 Å². The number of carboxylic acids is 1. The third kappa shape index (κ3) is 19.8. The average molecular weight is 1630 g/mol. The number of phenols is 3. The van der Waals surface area contributed by atoms with Gasteiger partial charge in [-0.3, -0.25) is 33.6 Å². The van der Waals surface area contributed by atoms with Gasteiger partial charge in [0.15, 0.2) is 41.5 Å². The predicted octanol–water partition coefficient (Wildman–Crippen LogP) is 4.95. The van der Waals surface area contributed by atoms with Gasteiger partial charge in [0, 0.05) is 48.4 Å². The molecule has 0 spiro atoms. The number of ether oxygens (including phenoxy) is 8. The van der Waals surface area contributed by atoms with Crippen LogP contribution in [0.5, 0.6) is 46.0 Å². The summed E-state index contributed by atoms with van der Waals surface area (Å²) in [6.45, 7) is 14.8. The Morgan fingerprint density at radius 1 is 0.693 bits per heavy atom. The fourth-order valence-electron chi connectivity index (χ4n) is 14.0. The molecule has 2 fully saturated rings. The molecule has 0 radical (unpaired) electrons. The number of phenolic OH excluding ortho intramolecular Hbond substituents is 3. The van der Waals surface area contributed by atoms with Crippen LogP contribution < -0.4 is 51.8 Å². The van der Waals surface area contributed by atoms with Crippen LogP contribution in [0, 0.1) is 11.8 Å². The number of Topliss-reactive ketones (excluding diaryl/α,β-unsaturated/α-hetero) is 2. The Hall–Kier alpha value is -10.2.